The van der Waals surface area contributed by atoms with Crippen molar-refractivity contribution in [2.45, 2.75) is 26.7 Å². The van der Waals surface area contributed by atoms with Crippen LogP contribution in [-0.2, 0) is 11.2 Å². The molecule has 0 spiro atoms. The predicted molar refractivity (Wildman–Crippen MR) is 91.6 cm³/mol. The summed E-state index contributed by atoms with van der Waals surface area (Å²) in [7, 11) is 0. The summed E-state index contributed by atoms with van der Waals surface area (Å²) in [6.45, 7) is 8.40. The van der Waals surface area contributed by atoms with Crippen LogP contribution in [0.5, 0.6) is 0 Å². The molecule has 2 heterocycles. The number of rotatable bonds is 4. The van der Waals surface area contributed by atoms with Crippen molar-refractivity contribution in [3.05, 3.63) is 34.9 Å². The Balaban J connectivity index is 2.11. The van der Waals surface area contributed by atoms with Crippen molar-refractivity contribution in [2.75, 3.05) is 37.7 Å². The summed E-state index contributed by atoms with van der Waals surface area (Å²) in [6.07, 6.45) is 1.98. The molecule has 4 nitrogen and oxygen atoms in total. The number of hydrogen-bond donors (Lipinski definition) is 1. The average molecular weight is 299 g/mol. The van der Waals surface area contributed by atoms with Gasteiger partial charge in [0, 0.05) is 18.5 Å². The fraction of sp³-hybridized carbons (Fsp3) is 0.500. The van der Waals surface area contributed by atoms with Gasteiger partial charge >= 0.3 is 0 Å². The maximum absolute atomic E-state index is 5.72. The van der Waals surface area contributed by atoms with Gasteiger partial charge in [0.25, 0.3) is 0 Å². The van der Waals surface area contributed by atoms with Crippen LogP contribution in [0.3, 0.4) is 0 Å². The summed E-state index contributed by atoms with van der Waals surface area (Å²) >= 11 is 0. The number of aryl methyl sites for hydroxylation is 3. The molecule has 0 aliphatic carbocycles. The molecule has 22 heavy (non-hydrogen) atoms. The van der Waals surface area contributed by atoms with Gasteiger partial charge < -0.3 is 15.4 Å². The number of aromatic nitrogens is 1. The number of benzene rings is 1. The SMILES string of the molecule is Cc1ccc(C)c2nc(N3CCOCC3)c(CCCN)cc12. The van der Waals surface area contributed by atoms with Gasteiger partial charge in [0.05, 0.1) is 18.7 Å². The van der Waals surface area contributed by atoms with E-state index in [0.717, 1.165) is 50.5 Å². The Morgan fingerprint density at radius 3 is 2.64 bits per heavy atom. The van der Waals surface area contributed by atoms with Gasteiger partial charge in [0.1, 0.15) is 5.82 Å². The van der Waals surface area contributed by atoms with Crippen LogP contribution in [0, 0.1) is 13.8 Å². The quantitative estimate of drug-likeness (QED) is 0.943. The molecule has 2 aromatic rings. The van der Waals surface area contributed by atoms with E-state index in [-0.39, 0.29) is 0 Å². The van der Waals surface area contributed by atoms with Crippen LogP contribution in [0.1, 0.15) is 23.1 Å². The highest BCUT2D eigenvalue weighted by molar-refractivity contribution is 5.87. The number of anilines is 1. The Labute approximate surface area is 132 Å². The Kier molecular flexibility index (Phi) is 4.60. The highest BCUT2D eigenvalue weighted by Gasteiger charge is 2.18. The molecule has 1 fully saturated rings. The summed E-state index contributed by atoms with van der Waals surface area (Å²) < 4.78 is 5.48. The molecular weight excluding hydrogens is 274 g/mol. The van der Waals surface area contributed by atoms with Crippen LogP contribution in [0.4, 0.5) is 5.82 Å². The lowest BCUT2D eigenvalue weighted by Gasteiger charge is -2.30. The normalized spacial score (nSPS) is 15.5. The maximum atomic E-state index is 5.72. The van der Waals surface area contributed by atoms with Gasteiger partial charge in [-0.3, -0.25) is 0 Å². The van der Waals surface area contributed by atoms with Crippen LogP contribution in [0.25, 0.3) is 10.9 Å². The molecule has 0 bridgehead atoms. The number of fused-ring (bicyclic) bond motifs is 1. The molecule has 0 saturated carbocycles. The molecule has 1 aromatic heterocycles. The molecule has 0 atom stereocenters. The first kappa shape index (κ1) is 15.3. The average Bonchev–Trinajstić information content (AvgIpc) is 2.56. The van der Waals surface area contributed by atoms with E-state index in [0.29, 0.717) is 6.54 Å². The smallest absolute Gasteiger partial charge is 0.132 e. The van der Waals surface area contributed by atoms with Crippen LogP contribution >= 0.6 is 0 Å². The van der Waals surface area contributed by atoms with E-state index in [1.165, 1.54) is 22.1 Å². The minimum atomic E-state index is 0.716. The molecule has 1 aliphatic heterocycles. The summed E-state index contributed by atoms with van der Waals surface area (Å²) in [5, 5.41) is 1.27. The molecule has 0 amide bonds. The summed E-state index contributed by atoms with van der Waals surface area (Å²) in [5.74, 6) is 1.12. The van der Waals surface area contributed by atoms with Gasteiger partial charge in [-0.1, -0.05) is 12.1 Å². The second-order valence-corrected chi connectivity index (χ2v) is 6.06. The molecule has 1 saturated heterocycles. The fourth-order valence-corrected chi connectivity index (χ4v) is 3.09. The Morgan fingerprint density at radius 2 is 1.91 bits per heavy atom. The minimum Gasteiger partial charge on any atom is -0.378 e. The zero-order chi connectivity index (χ0) is 15.5. The molecule has 0 unspecified atom stereocenters. The number of morpholine rings is 1. The monoisotopic (exact) mass is 299 g/mol. The number of hydrogen-bond acceptors (Lipinski definition) is 4. The van der Waals surface area contributed by atoms with Crippen molar-refractivity contribution in [3.8, 4) is 0 Å². The van der Waals surface area contributed by atoms with Gasteiger partial charge in [-0.05, 0) is 56.0 Å². The number of ether oxygens (including phenoxy) is 1. The Hall–Kier alpha value is -1.65. The molecule has 1 aromatic carbocycles. The van der Waals surface area contributed by atoms with Crippen molar-refractivity contribution >= 4 is 16.7 Å². The Morgan fingerprint density at radius 1 is 1.18 bits per heavy atom. The molecular formula is C18H25N3O. The van der Waals surface area contributed by atoms with E-state index in [2.05, 4.69) is 36.9 Å². The number of nitrogens with two attached hydrogens (primary N) is 1. The maximum Gasteiger partial charge on any atom is 0.132 e. The lowest BCUT2D eigenvalue weighted by Crippen LogP contribution is -2.37. The zero-order valence-electron chi connectivity index (χ0n) is 13.6. The van der Waals surface area contributed by atoms with Crippen molar-refractivity contribution in [1.29, 1.82) is 0 Å². The van der Waals surface area contributed by atoms with E-state index in [4.69, 9.17) is 15.5 Å². The molecule has 1 aliphatic rings. The first-order valence-electron chi connectivity index (χ1n) is 8.13. The summed E-state index contributed by atoms with van der Waals surface area (Å²) in [6, 6.07) is 6.67. The second kappa shape index (κ2) is 6.63. The van der Waals surface area contributed by atoms with Crippen LogP contribution < -0.4 is 10.6 Å². The standard InChI is InChI=1S/C18H25N3O/c1-13-5-6-14(2)17-16(13)12-15(4-3-7-19)18(20-17)21-8-10-22-11-9-21/h5-6,12H,3-4,7-11,19H2,1-2H3. The van der Waals surface area contributed by atoms with E-state index >= 15 is 0 Å². The van der Waals surface area contributed by atoms with Gasteiger partial charge in [0.2, 0.25) is 0 Å². The second-order valence-electron chi connectivity index (χ2n) is 6.06. The van der Waals surface area contributed by atoms with Gasteiger partial charge in [-0.2, -0.15) is 0 Å². The number of pyridine rings is 1. The topological polar surface area (TPSA) is 51.4 Å². The molecule has 3 rings (SSSR count). The molecule has 0 radical (unpaired) electrons. The fourth-order valence-electron chi connectivity index (χ4n) is 3.09. The van der Waals surface area contributed by atoms with Crippen LogP contribution in [-0.4, -0.2) is 37.8 Å². The lowest BCUT2D eigenvalue weighted by atomic mass is 10.0. The van der Waals surface area contributed by atoms with Crippen molar-refractivity contribution in [3.63, 3.8) is 0 Å². The lowest BCUT2D eigenvalue weighted by molar-refractivity contribution is 0.122. The van der Waals surface area contributed by atoms with Crippen LogP contribution in [0.15, 0.2) is 18.2 Å². The third-order valence-electron chi connectivity index (χ3n) is 4.42. The summed E-state index contributed by atoms with van der Waals surface area (Å²) in [5.41, 5.74) is 10.7. The van der Waals surface area contributed by atoms with Gasteiger partial charge in [0.15, 0.2) is 0 Å². The largest absolute Gasteiger partial charge is 0.378 e. The van der Waals surface area contributed by atoms with E-state index < -0.39 is 0 Å². The first-order chi connectivity index (χ1) is 10.7. The van der Waals surface area contributed by atoms with Crippen molar-refractivity contribution in [1.82, 2.24) is 4.98 Å². The molecule has 4 heteroatoms. The minimum absolute atomic E-state index is 0.716. The molecule has 2 N–H and O–H groups in total. The Bertz CT molecular complexity index is 663. The summed E-state index contributed by atoms with van der Waals surface area (Å²) in [4.78, 5) is 7.40. The van der Waals surface area contributed by atoms with Crippen molar-refractivity contribution < 1.29 is 4.74 Å². The van der Waals surface area contributed by atoms with E-state index in [1.807, 2.05) is 0 Å². The third-order valence-corrected chi connectivity index (χ3v) is 4.42. The highest BCUT2D eigenvalue weighted by atomic mass is 16.5. The van der Waals surface area contributed by atoms with Gasteiger partial charge in [-0.25, -0.2) is 4.98 Å². The number of nitrogens with zero attached hydrogens (tertiary/aromatic N) is 2. The van der Waals surface area contributed by atoms with Crippen LogP contribution in [0.2, 0.25) is 0 Å². The van der Waals surface area contributed by atoms with Crippen molar-refractivity contribution in [2.24, 2.45) is 5.73 Å². The molecule has 118 valence electrons. The van der Waals surface area contributed by atoms with Gasteiger partial charge in [-0.15, -0.1) is 0 Å². The highest BCUT2D eigenvalue weighted by Crippen LogP contribution is 2.29. The van der Waals surface area contributed by atoms with E-state index in [9.17, 15) is 0 Å². The predicted octanol–water partition coefficient (Wildman–Crippen LogP) is 2.58. The van der Waals surface area contributed by atoms with E-state index in [1.54, 1.807) is 0 Å². The first-order valence-corrected chi connectivity index (χ1v) is 8.13. The zero-order valence-corrected chi connectivity index (χ0v) is 13.6. The third kappa shape index (κ3) is 2.94.